The highest BCUT2D eigenvalue weighted by Crippen LogP contribution is 2.46. The van der Waals surface area contributed by atoms with E-state index in [0.717, 1.165) is 25.7 Å². The average molecular weight is 436 g/mol. The van der Waals surface area contributed by atoms with E-state index in [0.29, 0.717) is 6.42 Å². The Morgan fingerprint density at radius 3 is 2.00 bits per heavy atom. The van der Waals surface area contributed by atoms with Gasteiger partial charge >= 0.3 is 0 Å². The van der Waals surface area contributed by atoms with E-state index in [2.05, 4.69) is 0 Å². The minimum absolute atomic E-state index is 0.114. The molecule has 0 radical (unpaired) electrons. The van der Waals surface area contributed by atoms with Crippen LogP contribution in [0.5, 0.6) is 0 Å². The van der Waals surface area contributed by atoms with E-state index >= 15 is 0 Å². The summed E-state index contributed by atoms with van der Waals surface area (Å²) in [5, 5.41) is 1.66. The highest BCUT2D eigenvalue weighted by molar-refractivity contribution is 7.92. The number of hydroxylamine groups is 2. The predicted molar refractivity (Wildman–Crippen MR) is 110 cm³/mol. The van der Waals surface area contributed by atoms with Gasteiger partial charge in [0.1, 0.15) is 0 Å². The topological polar surface area (TPSA) is 80.8 Å². The first-order valence-electron chi connectivity index (χ1n) is 9.85. The molecular weight excluding hydrogens is 410 g/mol. The van der Waals surface area contributed by atoms with Gasteiger partial charge in [-0.25, -0.2) is 16.8 Å². The molecule has 8 heteroatoms. The molecule has 1 saturated heterocycles. The van der Waals surface area contributed by atoms with Crippen LogP contribution in [0, 0.1) is 0 Å². The number of hydrogen-bond acceptors (Lipinski definition) is 6. The highest BCUT2D eigenvalue weighted by Gasteiger charge is 2.52. The maximum atomic E-state index is 13.1. The molecule has 1 atom stereocenters. The molecule has 1 saturated carbocycles. The van der Waals surface area contributed by atoms with Gasteiger partial charge in [0.05, 0.1) is 15.5 Å². The monoisotopic (exact) mass is 435 g/mol. The predicted octanol–water partition coefficient (Wildman–Crippen LogP) is 3.21. The lowest BCUT2D eigenvalue weighted by atomic mass is 9.94. The van der Waals surface area contributed by atoms with E-state index in [1.165, 1.54) is 0 Å². The minimum Gasteiger partial charge on any atom is -0.278 e. The summed E-state index contributed by atoms with van der Waals surface area (Å²) in [4.78, 5) is 6.44. The number of benzene rings is 2. The van der Waals surface area contributed by atoms with Gasteiger partial charge < -0.3 is 0 Å². The summed E-state index contributed by atoms with van der Waals surface area (Å²) in [6, 6.07) is 16.6. The van der Waals surface area contributed by atoms with E-state index < -0.39 is 30.6 Å². The van der Waals surface area contributed by atoms with Crippen molar-refractivity contribution in [3.05, 3.63) is 60.7 Å². The van der Waals surface area contributed by atoms with Crippen molar-refractivity contribution >= 4 is 19.7 Å². The molecule has 0 amide bonds. The van der Waals surface area contributed by atoms with E-state index in [1.54, 1.807) is 65.7 Å². The Balaban J connectivity index is 1.55. The van der Waals surface area contributed by atoms with E-state index in [-0.39, 0.29) is 22.1 Å². The summed E-state index contributed by atoms with van der Waals surface area (Å²) in [5.41, 5.74) is -1.39. The maximum absolute atomic E-state index is 13.1. The van der Waals surface area contributed by atoms with Crippen molar-refractivity contribution in [3.8, 4) is 0 Å². The van der Waals surface area contributed by atoms with Crippen LogP contribution in [0.25, 0.3) is 0 Å². The zero-order chi connectivity index (χ0) is 20.5. The van der Waals surface area contributed by atoms with Crippen molar-refractivity contribution in [2.75, 3.05) is 12.3 Å². The molecular formula is C21H25NO5S2. The third kappa shape index (κ3) is 3.99. The Kier molecular flexibility index (Phi) is 5.54. The molecule has 1 unspecified atom stereocenters. The fourth-order valence-corrected chi connectivity index (χ4v) is 7.16. The molecule has 1 aliphatic heterocycles. The SMILES string of the molecule is O=S(=O)(CCN1OC(S(=O)(=O)c2ccccc2)CC12CCCC2)c1ccccc1. The standard InChI is InChI=1S/C21H25NO5S2/c23-28(24,18-9-3-1-4-10-18)16-15-22-21(13-7-8-14-21)17-20(27-22)29(25,26)19-11-5-2-6-12-19/h1-6,9-12,20H,7-8,13-17H2. The second kappa shape index (κ2) is 7.83. The summed E-state index contributed by atoms with van der Waals surface area (Å²) in [6.45, 7) is 0.151. The van der Waals surface area contributed by atoms with E-state index in [1.807, 2.05) is 0 Å². The van der Waals surface area contributed by atoms with Crippen LogP contribution in [0.3, 0.4) is 0 Å². The Morgan fingerprint density at radius 1 is 0.862 bits per heavy atom. The Morgan fingerprint density at radius 2 is 1.41 bits per heavy atom. The zero-order valence-corrected chi connectivity index (χ0v) is 17.7. The van der Waals surface area contributed by atoms with Gasteiger partial charge in [-0.05, 0) is 37.1 Å². The second-order valence-electron chi connectivity index (χ2n) is 7.76. The van der Waals surface area contributed by atoms with Crippen LogP contribution in [-0.4, -0.2) is 45.2 Å². The minimum atomic E-state index is -3.65. The van der Waals surface area contributed by atoms with Gasteiger partial charge in [0.2, 0.25) is 9.84 Å². The maximum Gasteiger partial charge on any atom is 0.207 e. The van der Waals surface area contributed by atoms with Gasteiger partial charge in [-0.2, -0.15) is 5.06 Å². The van der Waals surface area contributed by atoms with Crippen LogP contribution in [0.15, 0.2) is 70.5 Å². The van der Waals surface area contributed by atoms with Crippen molar-refractivity contribution in [3.63, 3.8) is 0 Å². The number of sulfone groups is 2. The van der Waals surface area contributed by atoms with Gasteiger partial charge in [-0.15, -0.1) is 0 Å². The lowest BCUT2D eigenvalue weighted by Crippen LogP contribution is -2.42. The van der Waals surface area contributed by atoms with Gasteiger partial charge in [0.15, 0.2) is 15.3 Å². The van der Waals surface area contributed by atoms with Crippen molar-refractivity contribution in [1.29, 1.82) is 0 Å². The molecule has 0 bridgehead atoms. The summed E-state index contributed by atoms with van der Waals surface area (Å²) >= 11 is 0. The first kappa shape index (κ1) is 20.5. The molecule has 1 heterocycles. The quantitative estimate of drug-likeness (QED) is 0.693. The molecule has 2 fully saturated rings. The lowest BCUT2D eigenvalue weighted by molar-refractivity contribution is -0.167. The second-order valence-corrected chi connectivity index (χ2v) is 12.0. The molecule has 2 aliphatic rings. The third-order valence-corrected chi connectivity index (χ3v) is 9.52. The van der Waals surface area contributed by atoms with Gasteiger partial charge in [0, 0.05) is 18.5 Å². The summed E-state index contributed by atoms with van der Waals surface area (Å²) < 4.78 is 51.5. The van der Waals surface area contributed by atoms with Gasteiger partial charge in [-0.3, -0.25) is 4.84 Å². The summed E-state index contributed by atoms with van der Waals surface area (Å²) in [6.07, 6.45) is 3.99. The zero-order valence-electron chi connectivity index (χ0n) is 16.1. The van der Waals surface area contributed by atoms with Crippen LogP contribution in [0.4, 0.5) is 0 Å². The van der Waals surface area contributed by atoms with Crippen LogP contribution in [0.1, 0.15) is 32.1 Å². The Bertz CT molecular complexity index is 1050. The normalized spacial score (nSPS) is 22.3. The molecule has 0 N–H and O–H groups in total. The molecule has 2 aromatic carbocycles. The van der Waals surface area contributed by atoms with Crippen LogP contribution in [0.2, 0.25) is 0 Å². The molecule has 29 heavy (non-hydrogen) atoms. The molecule has 156 valence electrons. The molecule has 6 nitrogen and oxygen atoms in total. The Labute approximate surface area is 172 Å². The van der Waals surface area contributed by atoms with Crippen LogP contribution >= 0.6 is 0 Å². The van der Waals surface area contributed by atoms with Gasteiger partial charge in [-0.1, -0.05) is 49.2 Å². The van der Waals surface area contributed by atoms with Crippen molar-refractivity contribution in [1.82, 2.24) is 5.06 Å². The molecule has 1 spiro atoms. The van der Waals surface area contributed by atoms with Crippen molar-refractivity contribution < 1.29 is 21.7 Å². The average Bonchev–Trinajstić information content (AvgIpc) is 3.36. The fraction of sp³-hybridized carbons (Fsp3) is 0.429. The highest BCUT2D eigenvalue weighted by atomic mass is 32.2. The van der Waals surface area contributed by atoms with Crippen LogP contribution in [-0.2, 0) is 24.5 Å². The summed E-state index contributed by atoms with van der Waals surface area (Å²) in [7, 11) is -7.12. The largest absolute Gasteiger partial charge is 0.278 e. The number of hydrogen-bond donors (Lipinski definition) is 0. The molecule has 0 aromatic heterocycles. The summed E-state index contributed by atoms with van der Waals surface area (Å²) in [5.74, 6) is -0.114. The fourth-order valence-electron chi connectivity index (χ4n) is 4.36. The van der Waals surface area contributed by atoms with E-state index in [4.69, 9.17) is 4.84 Å². The number of nitrogens with zero attached hydrogens (tertiary/aromatic N) is 1. The Hall–Kier alpha value is -1.74. The molecule has 4 rings (SSSR count). The molecule has 1 aliphatic carbocycles. The third-order valence-electron chi connectivity index (χ3n) is 5.94. The van der Waals surface area contributed by atoms with Gasteiger partial charge in [0.25, 0.3) is 0 Å². The van der Waals surface area contributed by atoms with Crippen molar-refractivity contribution in [2.24, 2.45) is 0 Å². The first-order valence-corrected chi connectivity index (χ1v) is 13.0. The first-order chi connectivity index (χ1) is 13.8. The lowest BCUT2D eigenvalue weighted by Gasteiger charge is -2.32. The van der Waals surface area contributed by atoms with E-state index in [9.17, 15) is 16.8 Å². The van der Waals surface area contributed by atoms with Crippen molar-refractivity contribution in [2.45, 2.75) is 52.9 Å². The van der Waals surface area contributed by atoms with Crippen LogP contribution < -0.4 is 0 Å². The molecule has 2 aromatic rings. The number of rotatable bonds is 6. The smallest absolute Gasteiger partial charge is 0.207 e.